The van der Waals surface area contributed by atoms with Crippen LogP contribution in [-0.2, 0) is 10.2 Å². The fourth-order valence-corrected chi connectivity index (χ4v) is 6.49. The average molecular weight is 490 g/mol. The number of anilines is 1. The van der Waals surface area contributed by atoms with E-state index in [-0.39, 0.29) is 26.5 Å². The molecule has 1 aromatic carbocycles. The number of benzene rings is 1. The van der Waals surface area contributed by atoms with E-state index in [1.165, 1.54) is 4.31 Å². The van der Waals surface area contributed by atoms with E-state index in [0.717, 1.165) is 35.3 Å². The lowest BCUT2D eigenvalue weighted by atomic mass is 9.97. The molecule has 0 radical (unpaired) electrons. The van der Waals surface area contributed by atoms with Crippen LogP contribution in [0, 0.1) is 19.8 Å². The highest BCUT2D eigenvalue weighted by Crippen LogP contribution is 2.38. The molecule has 2 aliphatic heterocycles. The van der Waals surface area contributed by atoms with Gasteiger partial charge in [-0.2, -0.15) is 12.7 Å². The Hall–Kier alpha value is -2.49. The summed E-state index contributed by atoms with van der Waals surface area (Å²) in [5, 5.41) is 0. The molecule has 1 amide bonds. The number of nitrogens with zero attached hydrogens (tertiary/aromatic N) is 3. The quantitative estimate of drug-likeness (QED) is 0.666. The van der Waals surface area contributed by atoms with E-state index in [2.05, 4.69) is 48.6 Å². The topological polar surface area (TPSA) is 109 Å². The Morgan fingerprint density at radius 1 is 1.18 bits per heavy atom. The minimum Gasteiger partial charge on any atom is -0.351 e. The van der Waals surface area contributed by atoms with E-state index < -0.39 is 16.1 Å². The Morgan fingerprint density at radius 2 is 1.85 bits per heavy atom. The molecule has 2 fully saturated rings. The van der Waals surface area contributed by atoms with Crippen molar-refractivity contribution in [3.63, 3.8) is 0 Å². The maximum absolute atomic E-state index is 13.3. The smallest absolute Gasteiger partial charge is 0.304 e. The van der Waals surface area contributed by atoms with Crippen LogP contribution in [0.3, 0.4) is 0 Å². The summed E-state index contributed by atoms with van der Waals surface area (Å²) in [4.78, 5) is 20.4. The molecule has 0 spiro atoms. The minimum absolute atomic E-state index is 0. The van der Waals surface area contributed by atoms with Gasteiger partial charge < -0.3 is 10.6 Å². The lowest BCUT2D eigenvalue weighted by Crippen LogP contribution is -2.44. The number of rotatable bonds is 5. The number of pyridine rings is 1. The van der Waals surface area contributed by atoms with Gasteiger partial charge in [0.15, 0.2) is 0 Å². The standard InChI is InChI=1S/C25H35N5O3S.2H2/c1-16-10-17(2)12-19(11-16)22-7-6-21(23(27-22)30-14-18(3)13-25(30,4)5)24(31)28-34(32,33)29-9-8-20(26)15-29;;/h6-7,10-12,18,20H,8-9,13-15,26H2,1-5H3,(H,28,31);2*1H/t18-,20-;;/m0../s1. The van der Waals surface area contributed by atoms with Gasteiger partial charge >= 0.3 is 10.2 Å². The zero-order chi connectivity index (χ0) is 24.8. The van der Waals surface area contributed by atoms with Crippen LogP contribution in [0.25, 0.3) is 11.3 Å². The van der Waals surface area contributed by atoms with Gasteiger partial charge in [-0.15, -0.1) is 0 Å². The Kier molecular flexibility index (Phi) is 6.48. The van der Waals surface area contributed by atoms with Crippen molar-refractivity contribution in [1.29, 1.82) is 0 Å². The van der Waals surface area contributed by atoms with Crippen molar-refractivity contribution in [2.45, 2.75) is 59.0 Å². The van der Waals surface area contributed by atoms with Crippen LogP contribution in [0.4, 0.5) is 5.82 Å². The predicted octanol–water partition coefficient (Wildman–Crippen LogP) is 3.49. The molecule has 188 valence electrons. The van der Waals surface area contributed by atoms with Crippen molar-refractivity contribution < 1.29 is 16.1 Å². The molecular formula is C25H39N5O3S. The number of nitrogens with two attached hydrogens (primary N) is 1. The molecule has 1 aromatic heterocycles. The third-order valence-electron chi connectivity index (χ3n) is 6.71. The van der Waals surface area contributed by atoms with E-state index >= 15 is 0 Å². The van der Waals surface area contributed by atoms with Crippen molar-refractivity contribution >= 4 is 21.9 Å². The summed E-state index contributed by atoms with van der Waals surface area (Å²) in [5.74, 6) is 0.259. The first-order chi connectivity index (χ1) is 15.9. The second-order valence-electron chi connectivity index (χ2n) is 10.5. The lowest BCUT2D eigenvalue weighted by Gasteiger charge is -2.34. The SMILES string of the molecule is Cc1cc(C)cc(-c2ccc(C(=O)NS(=O)(=O)N3CC[C@H](N)C3)c(N3C[C@@H](C)CC3(C)C)n2)c1.[HH].[HH]. The number of hydrogen-bond acceptors (Lipinski definition) is 6. The molecule has 9 heteroatoms. The molecule has 3 heterocycles. The third-order valence-corrected chi connectivity index (χ3v) is 8.17. The molecule has 0 bridgehead atoms. The minimum atomic E-state index is -3.99. The summed E-state index contributed by atoms with van der Waals surface area (Å²) >= 11 is 0. The van der Waals surface area contributed by atoms with Crippen LogP contribution in [0.2, 0.25) is 0 Å². The first-order valence-corrected chi connectivity index (χ1v) is 13.2. The van der Waals surface area contributed by atoms with Gasteiger partial charge in [0.1, 0.15) is 5.82 Å². The third kappa shape index (κ3) is 4.96. The fraction of sp³-hybridized carbons (Fsp3) is 0.520. The highest BCUT2D eigenvalue weighted by Gasteiger charge is 2.39. The molecule has 2 saturated heterocycles. The fourth-order valence-electron chi connectivity index (χ4n) is 5.28. The summed E-state index contributed by atoms with van der Waals surface area (Å²) in [7, 11) is -3.99. The number of nitrogens with one attached hydrogen (secondary N) is 1. The Morgan fingerprint density at radius 3 is 2.41 bits per heavy atom. The highest BCUT2D eigenvalue weighted by atomic mass is 32.2. The van der Waals surface area contributed by atoms with Crippen LogP contribution in [0.1, 0.15) is 58.0 Å². The Balaban J connectivity index is 0.00000228. The number of carbonyl (C=O) groups is 1. The maximum atomic E-state index is 13.3. The molecule has 2 atom stereocenters. The molecule has 34 heavy (non-hydrogen) atoms. The molecule has 0 aliphatic carbocycles. The average Bonchev–Trinajstić information content (AvgIpc) is 3.28. The summed E-state index contributed by atoms with van der Waals surface area (Å²) in [6, 6.07) is 9.50. The monoisotopic (exact) mass is 489 g/mol. The highest BCUT2D eigenvalue weighted by molar-refractivity contribution is 7.87. The van der Waals surface area contributed by atoms with Gasteiger partial charge in [-0.3, -0.25) is 4.79 Å². The molecule has 4 rings (SSSR count). The van der Waals surface area contributed by atoms with Gasteiger partial charge in [-0.05, 0) is 70.7 Å². The van der Waals surface area contributed by atoms with Gasteiger partial charge in [0.25, 0.3) is 5.91 Å². The molecule has 0 unspecified atom stereocenters. The van der Waals surface area contributed by atoms with Gasteiger partial charge in [0, 0.05) is 39.6 Å². The van der Waals surface area contributed by atoms with Crippen LogP contribution in [-0.4, -0.2) is 54.8 Å². The zero-order valence-corrected chi connectivity index (χ0v) is 21.4. The molecular weight excluding hydrogens is 450 g/mol. The van der Waals surface area contributed by atoms with Crippen LogP contribution >= 0.6 is 0 Å². The Bertz CT molecular complexity index is 1200. The zero-order valence-electron chi connectivity index (χ0n) is 20.6. The Labute approximate surface area is 205 Å². The largest absolute Gasteiger partial charge is 0.351 e. The summed E-state index contributed by atoms with van der Waals surface area (Å²) < 4.78 is 29.2. The first-order valence-electron chi connectivity index (χ1n) is 11.8. The number of carbonyl (C=O) groups excluding carboxylic acids is 1. The van der Waals surface area contributed by atoms with E-state index in [1.807, 2.05) is 13.8 Å². The van der Waals surface area contributed by atoms with Crippen molar-refractivity contribution in [3.05, 3.63) is 47.0 Å². The lowest BCUT2D eigenvalue weighted by molar-refractivity contribution is 0.0979. The first kappa shape index (κ1) is 24.6. The number of hydrogen-bond donors (Lipinski definition) is 2. The van der Waals surface area contributed by atoms with Gasteiger partial charge in [-0.1, -0.05) is 24.1 Å². The van der Waals surface area contributed by atoms with Crippen molar-refractivity contribution in [2.24, 2.45) is 11.7 Å². The molecule has 8 nitrogen and oxygen atoms in total. The van der Waals surface area contributed by atoms with E-state index in [0.29, 0.717) is 24.7 Å². The maximum Gasteiger partial charge on any atom is 0.304 e. The van der Waals surface area contributed by atoms with Gasteiger partial charge in [0.05, 0.1) is 11.3 Å². The van der Waals surface area contributed by atoms with Crippen LogP contribution in [0.5, 0.6) is 0 Å². The molecule has 2 aliphatic rings. The predicted molar refractivity (Wildman–Crippen MR) is 139 cm³/mol. The second kappa shape index (κ2) is 8.94. The van der Waals surface area contributed by atoms with Crippen LogP contribution in [0.15, 0.2) is 30.3 Å². The molecule has 2 aromatic rings. The van der Waals surface area contributed by atoms with E-state index in [9.17, 15) is 13.2 Å². The van der Waals surface area contributed by atoms with E-state index in [1.54, 1.807) is 12.1 Å². The summed E-state index contributed by atoms with van der Waals surface area (Å²) in [6.45, 7) is 11.8. The number of amides is 1. The van der Waals surface area contributed by atoms with Crippen molar-refractivity contribution in [3.8, 4) is 11.3 Å². The van der Waals surface area contributed by atoms with E-state index in [4.69, 9.17) is 10.7 Å². The number of aromatic nitrogens is 1. The second-order valence-corrected chi connectivity index (χ2v) is 12.2. The number of aryl methyl sites for hydroxylation is 2. The normalized spacial score (nSPS) is 22.8. The van der Waals surface area contributed by atoms with Gasteiger partial charge in [0.2, 0.25) is 0 Å². The molecule has 0 saturated carbocycles. The van der Waals surface area contributed by atoms with Crippen molar-refractivity contribution in [2.75, 3.05) is 24.5 Å². The molecule has 3 N–H and O–H groups in total. The summed E-state index contributed by atoms with van der Waals surface area (Å²) in [6.07, 6.45) is 1.53. The van der Waals surface area contributed by atoms with Crippen molar-refractivity contribution in [1.82, 2.24) is 14.0 Å². The summed E-state index contributed by atoms with van der Waals surface area (Å²) in [5.41, 5.74) is 9.88. The van der Waals surface area contributed by atoms with Crippen LogP contribution < -0.4 is 15.4 Å². The van der Waals surface area contributed by atoms with Gasteiger partial charge in [-0.25, -0.2) is 9.71 Å².